The molecule has 174 valence electrons. The van der Waals surface area contributed by atoms with E-state index in [1.165, 1.54) is 36.4 Å². The Labute approximate surface area is 193 Å². The fourth-order valence-electron chi connectivity index (χ4n) is 3.23. The lowest BCUT2D eigenvalue weighted by Crippen LogP contribution is -2.12. The van der Waals surface area contributed by atoms with Crippen molar-refractivity contribution in [2.45, 2.75) is 16.7 Å². The number of benzene rings is 3. The van der Waals surface area contributed by atoms with Gasteiger partial charge in [-0.15, -0.1) is 5.11 Å². The van der Waals surface area contributed by atoms with Gasteiger partial charge in [0, 0.05) is 17.5 Å². The number of aryl methyl sites for hydroxylation is 1. The van der Waals surface area contributed by atoms with Gasteiger partial charge in [-0.25, -0.2) is 12.4 Å². The highest BCUT2D eigenvalue weighted by Crippen LogP contribution is 2.42. The van der Waals surface area contributed by atoms with E-state index in [0.29, 0.717) is 3.97 Å². The number of aromatic hydroxyl groups is 1. The first-order valence-electron chi connectivity index (χ1n) is 9.59. The summed E-state index contributed by atoms with van der Waals surface area (Å²) in [7, 11) is -8.68. The summed E-state index contributed by atoms with van der Waals surface area (Å²) in [6.45, 7) is 1.77. The van der Waals surface area contributed by atoms with Gasteiger partial charge < -0.3 is 5.11 Å². The molecule has 13 heteroatoms. The highest BCUT2D eigenvalue weighted by Gasteiger charge is 2.29. The van der Waals surface area contributed by atoms with Gasteiger partial charge in [0.25, 0.3) is 25.7 Å². The fourth-order valence-corrected chi connectivity index (χ4v) is 5.43. The summed E-state index contributed by atoms with van der Waals surface area (Å²) in [6.07, 6.45) is 0. The van der Waals surface area contributed by atoms with Crippen molar-refractivity contribution in [3.8, 4) is 5.88 Å². The predicted octanol–water partition coefficient (Wildman–Crippen LogP) is 4.27. The number of non-ortho nitro benzene ring substituents is 1. The van der Waals surface area contributed by atoms with Gasteiger partial charge in [0.2, 0.25) is 5.88 Å². The zero-order valence-corrected chi connectivity index (χ0v) is 19.1. The summed E-state index contributed by atoms with van der Waals surface area (Å²) >= 11 is 0. The van der Waals surface area contributed by atoms with Crippen LogP contribution in [-0.4, -0.2) is 30.8 Å². The van der Waals surface area contributed by atoms with Crippen LogP contribution in [0.15, 0.2) is 92.2 Å². The zero-order valence-electron chi connectivity index (χ0n) is 17.4. The molecule has 0 spiro atoms. The van der Waals surface area contributed by atoms with E-state index in [-0.39, 0.29) is 20.7 Å². The summed E-state index contributed by atoms with van der Waals surface area (Å²) in [5.41, 5.74) is -0.305. The van der Waals surface area contributed by atoms with E-state index in [1.54, 1.807) is 25.1 Å². The molecule has 0 atom stereocenters. The van der Waals surface area contributed by atoms with Crippen molar-refractivity contribution in [2.75, 3.05) is 0 Å². The molecule has 0 aliphatic heterocycles. The molecule has 0 fully saturated rings. The van der Waals surface area contributed by atoms with Crippen molar-refractivity contribution in [1.29, 1.82) is 0 Å². The minimum Gasteiger partial charge on any atom is -0.492 e. The van der Waals surface area contributed by atoms with Gasteiger partial charge in [0.1, 0.15) is 0 Å². The molecular weight excluding hydrogens is 484 g/mol. The molecule has 0 aliphatic rings. The summed E-state index contributed by atoms with van der Waals surface area (Å²) in [4.78, 5) is 10.2. The van der Waals surface area contributed by atoms with E-state index in [4.69, 9.17) is 0 Å². The van der Waals surface area contributed by atoms with E-state index >= 15 is 0 Å². The Kier molecular flexibility index (Phi) is 5.67. The van der Waals surface area contributed by atoms with Gasteiger partial charge >= 0.3 is 0 Å². The van der Waals surface area contributed by atoms with Crippen LogP contribution in [0.5, 0.6) is 5.88 Å². The van der Waals surface area contributed by atoms with Crippen LogP contribution in [0.4, 0.5) is 11.4 Å². The first-order valence-corrected chi connectivity index (χ1v) is 12.5. The standard InChI is InChI=1S/C21H16N4O7S2/c1-14-7-10-17(11-8-14)34(31,32)24-19-12-9-15(25(27)28)13-18(19)20(21(24)26)22-23-33(29,30)16-5-3-2-4-6-16/h2-13,26H,1H3. The van der Waals surface area contributed by atoms with Crippen molar-refractivity contribution in [1.82, 2.24) is 3.97 Å². The van der Waals surface area contributed by atoms with Gasteiger partial charge in [-0.05, 0) is 37.3 Å². The number of nitro groups is 1. The first-order chi connectivity index (χ1) is 16.0. The van der Waals surface area contributed by atoms with Crippen LogP contribution in [0.1, 0.15) is 5.56 Å². The van der Waals surface area contributed by atoms with Crippen LogP contribution in [-0.2, 0) is 20.0 Å². The van der Waals surface area contributed by atoms with Crippen molar-refractivity contribution in [3.05, 3.63) is 88.5 Å². The fraction of sp³-hybridized carbons (Fsp3) is 0.0476. The third kappa shape index (κ3) is 4.02. The zero-order chi connectivity index (χ0) is 24.7. The highest BCUT2D eigenvalue weighted by molar-refractivity contribution is 7.90. The van der Waals surface area contributed by atoms with Crippen LogP contribution in [0.3, 0.4) is 0 Å². The molecule has 4 rings (SSSR count). The molecule has 0 unspecified atom stereocenters. The van der Waals surface area contributed by atoms with Crippen LogP contribution in [0.25, 0.3) is 10.9 Å². The highest BCUT2D eigenvalue weighted by atomic mass is 32.2. The van der Waals surface area contributed by atoms with Gasteiger partial charge in [0.15, 0.2) is 5.69 Å². The lowest BCUT2D eigenvalue weighted by molar-refractivity contribution is -0.384. The third-order valence-corrected chi connectivity index (χ3v) is 7.80. The van der Waals surface area contributed by atoms with Crippen molar-refractivity contribution < 1.29 is 26.9 Å². The number of aromatic nitrogens is 1. The Morgan fingerprint density at radius 1 is 0.912 bits per heavy atom. The number of nitro benzene ring substituents is 1. The molecule has 0 amide bonds. The van der Waals surface area contributed by atoms with Crippen LogP contribution < -0.4 is 0 Å². The number of hydrogen-bond acceptors (Lipinski definition) is 8. The smallest absolute Gasteiger partial charge is 0.299 e. The minimum atomic E-state index is -4.39. The number of rotatable bonds is 6. The molecule has 11 nitrogen and oxygen atoms in total. The Morgan fingerprint density at radius 3 is 2.18 bits per heavy atom. The van der Waals surface area contributed by atoms with Crippen molar-refractivity contribution in [2.24, 2.45) is 9.63 Å². The van der Waals surface area contributed by atoms with Crippen LogP contribution in [0.2, 0.25) is 0 Å². The Balaban J connectivity index is 1.97. The van der Waals surface area contributed by atoms with E-state index < -0.39 is 42.2 Å². The van der Waals surface area contributed by atoms with E-state index in [0.717, 1.165) is 23.8 Å². The predicted molar refractivity (Wildman–Crippen MR) is 122 cm³/mol. The second-order valence-corrected chi connectivity index (χ2v) is 10.6. The summed E-state index contributed by atoms with van der Waals surface area (Å²) in [5.74, 6) is -0.942. The molecule has 3 aromatic carbocycles. The molecule has 0 bridgehead atoms. The molecular formula is C21H16N4O7S2. The Bertz CT molecular complexity index is 1660. The number of fused-ring (bicyclic) bond motifs is 1. The maximum Gasteiger partial charge on any atom is 0.299 e. The molecule has 0 saturated carbocycles. The summed E-state index contributed by atoms with van der Waals surface area (Å²) < 4.78 is 55.5. The lowest BCUT2D eigenvalue weighted by Gasteiger charge is -2.09. The SMILES string of the molecule is Cc1ccc(S(=O)(=O)n2c(O)c(N=NS(=O)(=O)c3ccccc3)c3cc([N+](=O)[O-])ccc32)cc1. The van der Waals surface area contributed by atoms with E-state index in [2.05, 4.69) is 9.63 Å². The molecule has 0 saturated heterocycles. The van der Waals surface area contributed by atoms with E-state index in [9.17, 15) is 32.1 Å². The number of sulfonamides is 1. The molecule has 34 heavy (non-hydrogen) atoms. The number of hydrogen-bond donors (Lipinski definition) is 1. The second-order valence-electron chi connectivity index (χ2n) is 7.18. The van der Waals surface area contributed by atoms with Crippen LogP contribution in [0, 0.1) is 17.0 Å². The summed E-state index contributed by atoms with van der Waals surface area (Å²) in [6, 6.07) is 16.1. The average Bonchev–Trinajstić information content (AvgIpc) is 3.09. The van der Waals surface area contributed by atoms with Gasteiger partial charge in [-0.3, -0.25) is 10.1 Å². The maximum atomic E-state index is 13.3. The third-order valence-electron chi connectivity index (χ3n) is 4.92. The molecule has 1 N–H and O–H groups in total. The molecule has 0 aliphatic carbocycles. The normalized spacial score (nSPS) is 12.4. The molecule has 1 aromatic heterocycles. The maximum absolute atomic E-state index is 13.3. The van der Waals surface area contributed by atoms with Gasteiger partial charge in [-0.2, -0.15) is 8.42 Å². The van der Waals surface area contributed by atoms with E-state index in [1.807, 2.05) is 0 Å². The topological polar surface area (TPSA) is 161 Å². The van der Waals surface area contributed by atoms with Crippen molar-refractivity contribution in [3.63, 3.8) is 0 Å². The largest absolute Gasteiger partial charge is 0.492 e. The quantitative estimate of drug-likeness (QED) is 0.235. The monoisotopic (exact) mass is 500 g/mol. The Hall–Kier alpha value is -4.10. The molecule has 1 heterocycles. The number of nitrogens with zero attached hydrogens (tertiary/aromatic N) is 4. The van der Waals surface area contributed by atoms with Crippen molar-refractivity contribution >= 4 is 42.3 Å². The molecule has 4 aromatic rings. The average molecular weight is 501 g/mol. The van der Waals surface area contributed by atoms with Gasteiger partial charge in [-0.1, -0.05) is 40.4 Å². The first kappa shape index (κ1) is 23.1. The molecule has 0 radical (unpaired) electrons. The minimum absolute atomic E-state index is 0.144. The summed E-state index contributed by atoms with van der Waals surface area (Å²) in [5, 5.41) is 25.5. The Morgan fingerprint density at radius 2 is 1.56 bits per heavy atom. The lowest BCUT2D eigenvalue weighted by atomic mass is 10.2. The van der Waals surface area contributed by atoms with Crippen LogP contribution >= 0.6 is 0 Å². The second kappa shape index (κ2) is 8.35. The van der Waals surface area contributed by atoms with Gasteiger partial charge in [0.05, 0.1) is 20.2 Å².